The Hall–Kier alpha value is -0.240. The van der Waals surface area contributed by atoms with Crippen LogP contribution in [0.15, 0.2) is 0 Å². The first kappa shape index (κ1) is 13.4. The van der Waals surface area contributed by atoms with Crippen LogP contribution in [0.5, 0.6) is 0 Å². The highest BCUT2D eigenvalue weighted by atomic mass is 35.5. The zero-order valence-electron chi connectivity index (χ0n) is 7.64. The van der Waals surface area contributed by atoms with Crippen LogP contribution in [0.4, 0.5) is 0 Å². The smallest absolute Gasteiger partial charge is 0.311 e. The van der Waals surface area contributed by atoms with Gasteiger partial charge in [-0.25, -0.2) is 0 Å². The second-order valence-corrected chi connectivity index (χ2v) is 2.96. The maximum absolute atomic E-state index is 11.1. The quantitative estimate of drug-likeness (QED) is 0.624. The van der Waals surface area contributed by atoms with E-state index in [2.05, 4.69) is 0 Å². The van der Waals surface area contributed by atoms with E-state index in [9.17, 15) is 4.79 Å². The Balaban J connectivity index is 0. The Morgan fingerprint density at radius 1 is 1.36 bits per heavy atom. The SMILES string of the molecule is CCOC(=O)C(C)(C)CC.Cl. The molecule has 0 heterocycles. The Kier molecular flexibility index (Phi) is 6.58. The number of rotatable bonds is 3. The number of ether oxygens (including phenoxy) is 1. The molecule has 0 radical (unpaired) electrons. The van der Waals surface area contributed by atoms with E-state index in [1.54, 1.807) is 0 Å². The first-order chi connectivity index (χ1) is 4.54. The van der Waals surface area contributed by atoms with E-state index in [-0.39, 0.29) is 23.8 Å². The molecule has 0 amide bonds. The molecule has 0 aromatic heterocycles. The van der Waals surface area contributed by atoms with Gasteiger partial charge < -0.3 is 4.74 Å². The molecule has 0 rings (SSSR count). The third-order valence-electron chi connectivity index (χ3n) is 1.71. The van der Waals surface area contributed by atoms with Crippen molar-refractivity contribution in [3.05, 3.63) is 0 Å². The van der Waals surface area contributed by atoms with E-state index in [1.165, 1.54) is 0 Å². The van der Waals surface area contributed by atoms with Gasteiger partial charge in [-0.15, -0.1) is 12.4 Å². The summed E-state index contributed by atoms with van der Waals surface area (Å²) in [6.45, 7) is 8.07. The van der Waals surface area contributed by atoms with Crippen LogP contribution >= 0.6 is 12.4 Å². The molecular weight excluding hydrogens is 164 g/mol. The van der Waals surface area contributed by atoms with Crippen LogP contribution in [-0.4, -0.2) is 12.6 Å². The zero-order valence-corrected chi connectivity index (χ0v) is 8.46. The molecule has 0 saturated heterocycles. The van der Waals surface area contributed by atoms with Crippen molar-refractivity contribution < 1.29 is 9.53 Å². The lowest BCUT2D eigenvalue weighted by atomic mass is 9.91. The fourth-order valence-corrected chi connectivity index (χ4v) is 0.471. The highest BCUT2D eigenvalue weighted by Crippen LogP contribution is 2.20. The summed E-state index contributed by atoms with van der Waals surface area (Å²) in [5.41, 5.74) is -0.310. The van der Waals surface area contributed by atoms with Crippen molar-refractivity contribution in [1.29, 1.82) is 0 Å². The molecule has 11 heavy (non-hydrogen) atoms. The van der Waals surface area contributed by atoms with Crippen LogP contribution < -0.4 is 0 Å². The maximum atomic E-state index is 11.1. The minimum absolute atomic E-state index is 0. The van der Waals surface area contributed by atoms with E-state index in [0.717, 1.165) is 6.42 Å². The summed E-state index contributed by atoms with van der Waals surface area (Å²) >= 11 is 0. The van der Waals surface area contributed by atoms with E-state index in [0.29, 0.717) is 6.61 Å². The molecule has 2 nitrogen and oxygen atoms in total. The Morgan fingerprint density at radius 3 is 2.09 bits per heavy atom. The predicted octanol–water partition coefficient (Wildman–Crippen LogP) is 2.41. The maximum Gasteiger partial charge on any atom is 0.311 e. The normalized spacial score (nSPS) is 10.2. The first-order valence-corrected chi connectivity index (χ1v) is 3.71. The number of halogens is 1. The molecular formula is C8H17ClO2. The summed E-state index contributed by atoms with van der Waals surface area (Å²) in [5.74, 6) is -0.0995. The largest absolute Gasteiger partial charge is 0.466 e. The highest BCUT2D eigenvalue weighted by Gasteiger charge is 2.26. The van der Waals surface area contributed by atoms with Crippen molar-refractivity contribution in [2.24, 2.45) is 5.41 Å². The van der Waals surface area contributed by atoms with Crippen molar-refractivity contribution in [2.75, 3.05) is 6.61 Å². The lowest BCUT2D eigenvalue weighted by Gasteiger charge is -2.19. The predicted molar refractivity (Wildman–Crippen MR) is 48.0 cm³/mol. The molecule has 3 heteroatoms. The van der Waals surface area contributed by atoms with Crippen molar-refractivity contribution in [3.63, 3.8) is 0 Å². The molecule has 0 atom stereocenters. The van der Waals surface area contributed by atoms with Crippen LogP contribution in [0, 0.1) is 5.41 Å². The second kappa shape index (κ2) is 5.42. The second-order valence-electron chi connectivity index (χ2n) is 2.96. The van der Waals surface area contributed by atoms with E-state index < -0.39 is 0 Å². The Labute approximate surface area is 74.7 Å². The van der Waals surface area contributed by atoms with Crippen molar-refractivity contribution in [3.8, 4) is 0 Å². The molecule has 0 fully saturated rings. The average Bonchev–Trinajstić information content (AvgIpc) is 1.89. The third-order valence-corrected chi connectivity index (χ3v) is 1.71. The Morgan fingerprint density at radius 2 is 1.82 bits per heavy atom. The monoisotopic (exact) mass is 180 g/mol. The van der Waals surface area contributed by atoms with Gasteiger partial charge in [0.15, 0.2) is 0 Å². The van der Waals surface area contributed by atoms with E-state index in [1.807, 2.05) is 27.7 Å². The molecule has 0 spiro atoms. The van der Waals surface area contributed by atoms with Gasteiger partial charge in [-0.05, 0) is 27.2 Å². The fraction of sp³-hybridized carbons (Fsp3) is 0.875. The van der Waals surface area contributed by atoms with Gasteiger partial charge >= 0.3 is 5.97 Å². The minimum Gasteiger partial charge on any atom is -0.466 e. The average molecular weight is 181 g/mol. The molecule has 0 aliphatic rings. The van der Waals surface area contributed by atoms with Crippen LogP contribution in [0.2, 0.25) is 0 Å². The lowest BCUT2D eigenvalue weighted by Crippen LogP contribution is -2.25. The van der Waals surface area contributed by atoms with Gasteiger partial charge in [0, 0.05) is 0 Å². The van der Waals surface area contributed by atoms with Gasteiger partial charge in [-0.2, -0.15) is 0 Å². The van der Waals surface area contributed by atoms with E-state index in [4.69, 9.17) is 4.74 Å². The van der Waals surface area contributed by atoms with Crippen molar-refractivity contribution in [2.45, 2.75) is 34.1 Å². The molecule has 0 unspecified atom stereocenters. The third kappa shape index (κ3) is 4.25. The number of carbonyl (C=O) groups is 1. The molecule has 0 aromatic carbocycles. The van der Waals surface area contributed by atoms with E-state index >= 15 is 0 Å². The number of hydrogen-bond acceptors (Lipinski definition) is 2. The molecule has 68 valence electrons. The zero-order chi connectivity index (χ0) is 8.20. The highest BCUT2D eigenvalue weighted by molar-refractivity contribution is 5.85. The van der Waals surface area contributed by atoms with Crippen LogP contribution in [-0.2, 0) is 9.53 Å². The molecule has 0 aliphatic heterocycles. The van der Waals surface area contributed by atoms with Gasteiger partial charge in [-0.3, -0.25) is 4.79 Å². The summed E-state index contributed by atoms with van der Waals surface area (Å²) < 4.78 is 4.86. The number of esters is 1. The molecule has 0 bridgehead atoms. The topological polar surface area (TPSA) is 26.3 Å². The summed E-state index contributed by atoms with van der Waals surface area (Å²) in [7, 11) is 0. The fourth-order valence-electron chi connectivity index (χ4n) is 0.471. The van der Waals surface area contributed by atoms with Gasteiger partial charge in [-0.1, -0.05) is 6.92 Å². The molecule has 0 saturated carbocycles. The lowest BCUT2D eigenvalue weighted by molar-refractivity contribution is -0.153. The minimum atomic E-state index is -0.310. The molecule has 0 N–H and O–H groups in total. The van der Waals surface area contributed by atoms with Gasteiger partial charge in [0.2, 0.25) is 0 Å². The van der Waals surface area contributed by atoms with Crippen LogP contribution in [0.25, 0.3) is 0 Å². The summed E-state index contributed by atoms with van der Waals surface area (Å²) in [4.78, 5) is 11.1. The molecule has 0 aromatic rings. The first-order valence-electron chi connectivity index (χ1n) is 3.71. The summed E-state index contributed by atoms with van der Waals surface area (Å²) in [6, 6.07) is 0. The van der Waals surface area contributed by atoms with Crippen LogP contribution in [0.1, 0.15) is 34.1 Å². The van der Waals surface area contributed by atoms with Gasteiger partial charge in [0.1, 0.15) is 0 Å². The standard InChI is InChI=1S/C8H16O2.ClH/c1-5-8(3,4)7(9)10-6-2;/h5-6H2,1-4H3;1H. The van der Waals surface area contributed by atoms with Crippen LogP contribution in [0.3, 0.4) is 0 Å². The number of hydrogen-bond donors (Lipinski definition) is 0. The summed E-state index contributed by atoms with van der Waals surface area (Å²) in [5, 5.41) is 0. The van der Waals surface area contributed by atoms with Gasteiger partial charge in [0.05, 0.1) is 12.0 Å². The van der Waals surface area contributed by atoms with Gasteiger partial charge in [0.25, 0.3) is 0 Å². The molecule has 0 aliphatic carbocycles. The van der Waals surface area contributed by atoms with Crippen molar-refractivity contribution in [1.82, 2.24) is 0 Å². The number of carbonyl (C=O) groups excluding carboxylic acids is 1. The Bertz CT molecular complexity index is 121. The van der Waals surface area contributed by atoms with Crippen molar-refractivity contribution >= 4 is 18.4 Å². The summed E-state index contributed by atoms with van der Waals surface area (Å²) in [6.07, 6.45) is 0.825.